The fourth-order valence-electron chi connectivity index (χ4n) is 2.72. The van der Waals surface area contributed by atoms with E-state index < -0.39 is 0 Å². The minimum Gasteiger partial charge on any atom is -0.496 e. The molecule has 2 aromatic heterocycles. The number of anilines is 1. The quantitative estimate of drug-likeness (QED) is 0.774. The van der Waals surface area contributed by atoms with Gasteiger partial charge in [0.25, 0.3) is 0 Å². The fourth-order valence-corrected chi connectivity index (χ4v) is 2.72. The van der Waals surface area contributed by atoms with E-state index in [2.05, 4.69) is 66.5 Å². The minimum absolute atomic E-state index is 0.123. The highest BCUT2D eigenvalue weighted by molar-refractivity contribution is 5.67. The summed E-state index contributed by atoms with van der Waals surface area (Å²) < 4.78 is 7.06. The van der Waals surface area contributed by atoms with E-state index in [4.69, 9.17) is 4.74 Å². The molecule has 0 saturated heterocycles. The molecule has 2 heterocycles. The summed E-state index contributed by atoms with van der Waals surface area (Å²) >= 11 is 0. The zero-order chi connectivity index (χ0) is 17.3. The molecule has 0 spiro atoms. The van der Waals surface area contributed by atoms with Crippen molar-refractivity contribution in [2.45, 2.75) is 39.7 Å². The Balaban J connectivity index is 1.94. The summed E-state index contributed by atoms with van der Waals surface area (Å²) in [6.07, 6.45) is 1.63. The molecule has 6 nitrogen and oxygen atoms in total. The lowest BCUT2D eigenvalue weighted by atomic mass is 10.0. The first kappa shape index (κ1) is 16.2. The molecule has 3 rings (SSSR count). The number of aryl methyl sites for hydroxylation is 1. The number of benzene rings is 1. The maximum atomic E-state index is 5.34. The third-order valence-electron chi connectivity index (χ3n) is 4.17. The van der Waals surface area contributed by atoms with Gasteiger partial charge in [-0.15, -0.1) is 10.2 Å². The maximum absolute atomic E-state index is 5.34. The Morgan fingerprint density at radius 3 is 2.62 bits per heavy atom. The van der Waals surface area contributed by atoms with Crippen molar-refractivity contribution in [2.24, 2.45) is 0 Å². The van der Waals surface area contributed by atoms with Crippen LogP contribution in [0.25, 0.3) is 5.65 Å². The third-order valence-corrected chi connectivity index (χ3v) is 4.17. The second-order valence-corrected chi connectivity index (χ2v) is 6.33. The lowest BCUT2D eigenvalue weighted by Gasteiger charge is -2.18. The van der Waals surface area contributed by atoms with Crippen molar-refractivity contribution in [1.82, 2.24) is 19.8 Å². The molecule has 0 saturated carbocycles. The Hall–Kier alpha value is -2.63. The number of fused-ring (bicyclic) bond motifs is 1. The van der Waals surface area contributed by atoms with E-state index in [1.165, 1.54) is 5.56 Å². The van der Waals surface area contributed by atoms with Gasteiger partial charge in [-0.2, -0.15) is 9.61 Å². The van der Waals surface area contributed by atoms with Gasteiger partial charge in [-0.3, -0.25) is 0 Å². The Kier molecular flexibility index (Phi) is 4.38. The first-order valence-electron chi connectivity index (χ1n) is 8.11. The van der Waals surface area contributed by atoms with Crippen molar-refractivity contribution in [2.75, 3.05) is 12.4 Å². The third kappa shape index (κ3) is 3.04. The summed E-state index contributed by atoms with van der Waals surface area (Å²) in [5.74, 6) is 1.23. The van der Waals surface area contributed by atoms with Gasteiger partial charge in [-0.1, -0.05) is 26.0 Å². The SMILES string of the molecule is COc1ccc(C(C)Nc2cc(C(C)C)nn3cnnc23)cc1C. The van der Waals surface area contributed by atoms with Gasteiger partial charge < -0.3 is 10.1 Å². The number of nitrogens with one attached hydrogen (secondary N) is 1. The van der Waals surface area contributed by atoms with Gasteiger partial charge in [0.2, 0.25) is 5.65 Å². The van der Waals surface area contributed by atoms with Gasteiger partial charge in [-0.05, 0) is 43.0 Å². The van der Waals surface area contributed by atoms with Gasteiger partial charge >= 0.3 is 0 Å². The number of hydrogen-bond acceptors (Lipinski definition) is 5. The van der Waals surface area contributed by atoms with Gasteiger partial charge in [0.05, 0.1) is 18.5 Å². The van der Waals surface area contributed by atoms with Crippen LogP contribution in [0.4, 0.5) is 5.69 Å². The van der Waals surface area contributed by atoms with Crippen molar-refractivity contribution >= 4 is 11.3 Å². The predicted molar refractivity (Wildman–Crippen MR) is 94.6 cm³/mol. The molecule has 126 valence electrons. The van der Waals surface area contributed by atoms with Crippen LogP contribution >= 0.6 is 0 Å². The summed E-state index contributed by atoms with van der Waals surface area (Å²) in [4.78, 5) is 0. The fraction of sp³-hybridized carbons (Fsp3) is 0.389. The lowest BCUT2D eigenvalue weighted by molar-refractivity contribution is 0.411. The molecule has 1 N–H and O–H groups in total. The first-order chi connectivity index (χ1) is 11.5. The van der Waals surface area contributed by atoms with Crippen LogP contribution in [0.3, 0.4) is 0 Å². The van der Waals surface area contributed by atoms with E-state index in [0.717, 1.165) is 28.3 Å². The van der Waals surface area contributed by atoms with Crippen LogP contribution < -0.4 is 10.1 Å². The largest absolute Gasteiger partial charge is 0.496 e. The summed E-state index contributed by atoms with van der Waals surface area (Å²) in [6.45, 7) is 8.43. The Morgan fingerprint density at radius 1 is 1.17 bits per heavy atom. The summed E-state index contributed by atoms with van der Waals surface area (Å²) in [6, 6.07) is 8.40. The first-order valence-corrected chi connectivity index (χ1v) is 8.11. The van der Waals surface area contributed by atoms with Gasteiger partial charge in [0.15, 0.2) is 0 Å². The van der Waals surface area contributed by atoms with Gasteiger partial charge in [0, 0.05) is 6.04 Å². The van der Waals surface area contributed by atoms with Gasteiger partial charge in [0.1, 0.15) is 12.1 Å². The smallest absolute Gasteiger partial charge is 0.200 e. The average Bonchev–Trinajstić information content (AvgIpc) is 3.03. The van der Waals surface area contributed by atoms with E-state index in [1.54, 1.807) is 18.0 Å². The topological polar surface area (TPSA) is 64.3 Å². The standard InChI is InChI=1S/C18H23N5O/c1-11(2)15-9-16(18-21-19-10-23(18)22-15)20-13(4)14-6-7-17(24-5)12(3)8-14/h6-11,13,20H,1-5H3. The summed E-state index contributed by atoms with van der Waals surface area (Å²) in [7, 11) is 1.69. The molecule has 24 heavy (non-hydrogen) atoms. The summed E-state index contributed by atoms with van der Waals surface area (Å²) in [5.41, 5.74) is 4.98. The molecule has 0 radical (unpaired) electrons. The molecule has 1 atom stereocenters. The normalized spacial score (nSPS) is 12.6. The minimum atomic E-state index is 0.123. The number of methoxy groups -OCH3 is 1. The molecule has 0 aliphatic rings. The number of nitrogens with zero attached hydrogens (tertiary/aromatic N) is 4. The van der Waals surface area contributed by atoms with Crippen LogP contribution in [0.1, 0.15) is 49.6 Å². The lowest BCUT2D eigenvalue weighted by Crippen LogP contribution is -2.10. The Labute approximate surface area is 141 Å². The van der Waals surface area contributed by atoms with Crippen molar-refractivity contribution in [3.8, 4) is 5.75 Å². The van der Waals surface area contributed by atoms with Crippen LogP contribution in [0, 0.1) is 6.92 Å². The number of ether oxygens (including phenoxy) is 1. The molecule has 1 unspecified atom stereocenters. The second kappa shape index (κ2) is 6.47. The molecular formula is C18H23N5O. The van der Waals surface area contributed by atoms with Crippen LogP contribution in [0.2, 0.25) is 0 Å². The highest BCUT2D eigenvalue weighted by atomic mass is 16.5. The second-order valence-electron chi connectivity index (χ2n) is 6.33. The molecule has 0 aliphatic heterocycles. The molecule has 1 aromatic carbocycles. The average molecular weight is 325 g/mol. The van der Waals surface area contributed by atoms with E-state index in [1.807, 2.05) is 6.07 Å². The van der Waals surface area contributed by atoms with Crippen LogP contribution in [0.5, 0.6) is 5.75 Å². The molecule has 0 bridgehead atoms. The van der Waals surface area contributed by atoms with Crippen molar-refractivity contribution in [1.29, 1.82) is 0 Å². The van der Waals surface area contributed by atoms with Crippen molar-refractivity contribution in [3.05, 3.63) is 47.4 Å². The van der Waals surface area contributed by atoms with E-state index in [0.29, 0.717) is 5.92 Å². The molecule has 6 heteroatoms. The Bertz CT molecular complexity index is 856. The van der Waals surface area contributed by atoms with Gasteiger partial charge in [-0.25, -0.2) is 0 Å². The van der Waals surface area contributed by atoms with E-state index >= 15 is 0 Å². The Morgan fingerprint density at radius 2 is 1.96 bits per heavy atom. The molecule has 0 fully saturated rings. The predicted octanol–water partition coefficient (Wildman–Crippen LogP) is 3.74. The molecule has 0 aliphatic carbocycles. The van der Waals surface area contributed by atoms with Crippen LogP contribution in [-0.2, 0) is 0 Å². The van der Waals surface area contributed by atoms with Crippen LogP contribution in [-0.4, -0.2) is 26.9 Å². The molecule has 3 aromatic rings. The molecular weight excluding hydrogens is 302 g/mol. The van der Waals surface area contributed by atoms with Crippen LogP contribution in [0.15, 0.2) is 30.6 Å². The maximum Gasteiger partial charge on any atom is 0.200 e. The zero-order valence-electron chi connectivity index (χ0n) is 14.7. The summed E-state index contributed by atoms with van der Waals surface area (Å²) in [5, 5.41) is 16.2. The van der Waals surface area contributed by atoms with Crippen molar-refractivity contribution in [3.63, 3.8) is 0 Å². The number of hydrogen-bond donors (Lipinski definition) is 1. The number of rotatable bonds is 5. The van der Waals surface area contributed by atoms with E-state index in [9.17, 15) is 0 Å². The molecule has 0 amide bonds. The van der Waals surface area contributed by atoms with E-state index in [-0.39, 0.29) is 6.04 Å². The number of aromatic nitrogens is 4. The van der Waals surface area contributed by atoms with Crippen molar-refractivity contribution < 1.29 is 4.74 Å². The highest BCUT2D eigenvalue weighted by Crippen LogP contribution is 2.27. The monoisotopic (exact) mass is 325 g/mol. The highest BCUT2D eigenvalue weighted by Gasteiger charge is 2.14. The zero-order valence-corrected chi connectivity index (χ0v) is 14.7.